The van der Waals surface area contributed by atoms with Crippen molar-refractivity contribution in [3.05, 3.63) is 82.2 Å². The maximum Gasteiger partial charge on any atom is 0.349 e. The highest BCUT2D eigenvalue weighted by molar-refractivity contribution is 5.96. The summed E-state index contributed by atoms with van der Waals surface area (Å²) in [6.45, 7) is 2.50. The lowest BCUT2D eigenvalue weighted by Crippen LogP contribution is -2.41. The molecule has 1 saturated heterocycles. The third kappa shape index (κ3) is 3.99. The van der Waals surface area contributed by atoms with E-state index in [9.17, 15) is 9.59 Å². The first kappa shape index (κ1) is 18.4. The quantitative estimate of drug-likeness (QED) is 0.689. The Balaban J connectivity index is 1.54. The van der Waals surface area contributed by atoms with E-state index in [-0.39, 0.29) is 11.6 Å². The SMILES string of the molecule is O=C(NC[C@H](c1ccccc1)N1CCCCC1)c1cc2ccccc2oc1=O. The maximum absolute atomic E-state index is 12.7. The van der Waals surface area contributed by atoms with Gasteiger partial charge in [0.2, 0.25) is 0 Å². The third-order valence-electron chi connectivity index (χ3n) is 5.36. The van der Waals surface area contributed by atoms with E-state index in [1.54, 1.807) is 18.2 Å². The lowest BCUT2D eigenvalue weighted by atomic mass is 10.0. The van der Waals surface area contributed by atoms with Crippen LogP contribution in [0.4, 0.5) is 0 Å². The Kier molecular flexibility index (Phi) is 5.53. The molecule has 1 N–H and O–H groups in total. The van der Waals surface area contributed by atoms with E-state index in [1.807, 2.05) is 30.3 Å². The summed E-state index contributed by atoms with van der Waals surface area (Å²) < 4.78 is 5.29. The molecule has 4 rings (SSSR count). The molecule has 0 unspecified atom stereocenters. The molecule has 5 nitrogen and oxygen atoms in total. The topological polar surface area (TPSA) is 62.6 Å². The van der Waals surface area contributed by atoms with Crippen molar-refractivity contribution in [2.75, 3.05) is 19.6 Å². The largest absolute Gasteiger partial charge is 0.422 e. The molecule has 2 heterocycles. The number of benzene rings is 2. The first-order valence-electron chi connectivity index (χ1n) is 9.82. The van der Waals surface area contributed by atoms with Gasteiger partial charge in [0.15, 0.2) is 0 Å². The third-order valence-corrected chi connectivity index (χ3v) is 5.36. The molecule has 5 heteroatoms. The monoisotopic (exact) mass is 376 g/mol. The molecule has 1 aromatic heterocycles. The second-order valence-electron chi connectivity index (χ2n) is 7.22. The number of carbonyl (C=O) groups is 1. The van der Waals surface area contributed by atoms with Gasteiger partial charge < -0.3 is 9.73 Å². The summed E-state index contributed by atoms with van der Waals surface area (Å²) in [7, 11) is 0. The van der Waals surface area contributed by atoms with Crippen LogP contribution in [-0.4, -0.2) is 30.4 Å². The first-order valence-corrected chi connectivity index (χ1v) is 9.82. The number of piperidine rings is 1. The van der Waals surface area contributed by atoms with Gasteiger partial charge in [-0.1, -0.05) is 55.0 Å². The number of nitrogens with zero attached hydrogens (tertiary/aromatic N) is 1. The van der Waals surface area contributed by atoms with Crippen molar-refractivity contribution in [3.63, 3.8) is 0 Å². The van der Waals surface area contributed by atoms with Crippen LogP contribution in [0.25, 0.3) is 11.0 Å². The Hall–Kier alpha value is -2.92. The molecule has 1 aliphatic heterocycles. The fourth-order valence-electron chi connectivity index (χ4n) is 3.87. The van der Waals surface area contributed by atoms with E-state index < -0.39 is 11.5 Å². The van der Waals surface area contributed by atoms with E-state index in [1.165, 1.54) is 24.8 Å². The van der Waals surface area contributed by atoms with Crippen molar-refractivity contribution in [1.29, 1.82) is 0 Å². The first-order chi connectivity index (χ1) is 13.7. The zero-order valence-electron chi connectivity index (χ0n) is 15.8. The van der Waals surface area contributed by atoms with Gasteiger partial charge in [-0.15, -0.1) is 0 Å². The number of fused-ring (bicyclic) bond motifs is 1. The zero-order valence-corrected chi connectivity index (χ0v) is 15.8. The number of amides is 1. The summed E-state index contributed by atoms with van der Waals surface area (Å²) in [6.07, 6.45) is 3.60. The molecule has 2 aromatic carbocycles. The minimum atomic E-state index is -0.606. The Morgan fingerprint density at radius 2 is 1.71 bits per heavy atom. The van der Waals surface area contributed by atoms with E-state index in [2.05, 4.69) is 22.3 Å². The van der Waals surface area contributed by atoms with Crippen LogP contribution >= 0.6 is 0 Å². The van der Waals surface area contributed by atoms with Crippen LogP contribution in [0.15, 0.2) is 69.9 Å². The Bertz CT molecular complexity index is 1010. The van der Waals surface area contributed by atoms with Crippen molar-refractivity contribution in [2.45, 2.75) is 25.3 Å². The molecule has 0 radical (unpaired) electrons. The Labute approximate surface area is 164 Å². The summed E-state index contributed by atoms with van der Waals surface area (Å²) in [4.78, 5) is 27.4. The van der Waals surface area contributed by atoms with Crippen LogP contribution in [-0.2, 0) is 0 Å². The number of rotatable bonds is 5. The summed E-state index contributed by atoms with van der Waals surface area (Å²) in [5.41, 5.74) is 1.10. The maximum atomic E-state index is 12.7. The van der Waals surface area contributed by atoms with Gasteiger partial charge in [0.05, 0.1) is 6.04 Å². The molecule has 1 aliphatic rings. The van der Waals surface area contributed by atoms with Crippen molar-refractivity contribution in [3.8, 4) is 0 Å². The van der Waals surface area contributed by atoms with Gasteiger partial charge >= 0.3 is 5.63 Å². The Morgan fingerprint density at radius 3 is 2.50 bits per heavy atom. The van der Waals surface area contributed by atoms with E-state index >= 15 is 0 Å². The van der Waals surface area contributed by atoms with Crippen molar-refractivity contribution < 1.29 is 9.21 Å². The minimum Gasteiger partial charge on any atom is -0.422 e. The van der Waals surface area contributed by atoms with Gasteiger partial charge in [-0.05, 0) is 43.6 Å². The summed E-state index contributed by atoms with van der Waals surface area (Å²) >= 11 is 0. The van der Waals surface area contributed by atoms with Crippen LogP contribution in [0.3, 0.4) is 0 Å². The number of carbonyl (C=O) groups excluding carboxylic acids is 1. The molecule has 3 aromatic rings. The highest BCUT2D eigenvalue weighted by atomic mass is 16.4. The van der Waals surface area contributed by atoms with Crippen molar-refractivity contribution in [2.24, 2.45) is 0 Å². The van der Waals surface area contributed by atoms with Gasteiger partial charge in [0.25, 0.3) is 5.91 Å². The summed E-state index contributed by atoms with van der Waals surface area (Å²) in [6, 6.07) is 19.1. The molecule has 0 spiro atoms. The van der Waals surface area contributed by atoms with Crippen molar-refractivity contribution >= 4 is 16.9 Å². The predicted molar refractivity (Wildman–Crippen MR) is 109 cm³/mol. The zero-order chi connectivity index (χ0) is 19.3. The predicted octanol–water partition coefficient (Wildman–Crippen LogP) is 3.75. The van der Waals surface area contributed by atoms with E-state index in [0.29, 0.717) is 12.1 Å². The van der Waals surface area contributed by atoms with E-state index in [4.69, 9.17) is 4.42 Å². The molecule has 0 aliphatic carbocycles. The van der Waals surface area contributed by atoms with Gasteiger partial charge in [-0.3, -0.25) is 9.69 Å². The molecular formula is C23H24N2O3. The number of likely N-dealkylation sites (tertiary alicyclic amines) is 1. The summed E-state index contributed by atoms with van der Waals surface area (Å²) in [5, 5.41) is 3.70. The standard InChI is InChI=1S/C23H24N2O3/c26-22(19-15-18-11-5-6-12-21(18)28-23(19)27)24-16-20(17-9-3-1-4-10-17)25-13-7-2-8-14-25/h1,3-6,9-12,15,20H,2,7-8,13-14,16H2,(H,24,26)/t20-/m1/s1. The van der Waals surface area contributed by atoms with Crippen LogP contribution < -0.4 is 10.9 Å². The average Bonchev–Trinajstić information content (AvgIpc) is 2.75. The minimum absolute atomic E-state index is 0.0455. The normalized spacial score (nSPS) is 16.0. The van der Waals surface area contributed by atoms with Gasteiger partial charge in [0.1, 0.15) is 11.1 Å². The van der Waals surface area contributed by atoms with Crippen LogP contribution in [0.1, 0.15) is 41.2 Å². The fourth-order valence-corrected chi connectivity index (χ4v) is 3.87. The van der Waals surface area contributed by atoms with Crippen LogP contribution in [0.2, 0.25) is 0 Å². The molecule has 144 valence electrons. The molecule has 0 saturated carbocycles. The number of para-hydroxylation sites is 1. The smallest absolute Gasteiger partial charge is 0.349 e. The molecule has 1 amide bonds. The lowest BCUT2D eigenvalue weighted by molar-refractivity contribution is 0.0921. The lowest BCUT2D eigenvalue weighted by Gasteiger charge is -2.35. The number of hydrogen-bond donors (Lipinski definition) is 1. The van der Waals surface area contributed by atoms with Gasteiger partial charge in [-0.2, -0.15) is 0 Å². The molecule has 0 bridgehead atoms. The fraction of sp³-hybridized carbons (Fsp3) is 0.304. The number of hydrogen-bond acceptors (Lipinski definition) is 4. The molecule has 28 heavy (non-hydrogen) atoms. The molecule has 1 fully saturated rings. The average molecular weight is 376 g/mol. The molecular weight excluding hydrogens is 352 g/mol. The highest BCUT2D eigenvalue weighted by Gasteiger charge is 2.23. The molecule has 1 atom stereocenters. The second kappa shape index (κ2) is 8.40. The highest BCUT2D eigenvalue weighted by Crippen LogP contribution is 2.24. The van der Waals surface area contributed by atoms with Crippen LogP contribution in [0, 0.1) is 0 Å². The van der Waals surface area contributed by atoms with Crippen molar-refractivity contribution in [1.82, 2.24) is 10.2 Å². The van der Waals surface area contributed by atoms with Gasteiger partial charge in [0, 0.05) is 11.9 Å². The number of nitrogens with one attached hydrogen (secondary N) is 1. The second-order valence-corrected chi connectivity index (χ2v) is 7.22. The van der Waals surface area contributed by atoms with Crippen LogP contribution in [0.5, 0.6) is 0 Å². The van der Waals surface area contributed by atoms with E-state index in [0.717, 1.165) is 18.5 Å². The Morgan fingerprint density at radius 1 is 1.00 bits per heavy atom. The van der Waals surface area contributed by atoms with Gasteiger partial charge in [-0.25, -0.2) is 4.79 Å². The summed E-state index contributed by atoms with van der Waals surface area (Å²) in [5.74, 6) is -0.391.